The van der Waals surface area contributed by atoms with Crippen LogP contribution in [0.2, 0.25) is 0 Å². The summed E-state index contributed by atoms with van der Waals surface area (Å²) in [5, 5.41) is 14.0. The largest absolute Gasteiger partial charge is 0.486 e. The van der Waals surface area contributed by atoms with Crippen molar-refractivity contribution in [1.82, 2.24) is 25.5 Å². The molecule has 1 heterocycles. The Morgan fingerprint density at radius 3 is 2.54 bits per heavy atom. The zero-order chi connectivity index (χ0) is 16.8. The summed E-state index contributed by atoms with van der Waals surface area (Å²) >= 11 is 0. The van der Waals surface area contributed by atoms with Gasteiger partial charge in [0.25, 0.3) is 5.91 Å². The molecular weight excluding hydrogens is 306 g/mol. The summed E-state index contributed by atoms with van der Waals surface area (Å²) in [4.78, 5) is 12.1. The SMILES string of the molecule is Cn1nnnc1COc1ccc(C(=O)NCc2ccccc2)cc1. The van der Waals surface area contributed by atoms with Gasteiger partial charge < -0.3 is 10.1 Å². The van der Waals surface area contributed by atoms with E-state index in [1.165, 1.54) is 0 Å². The standard InChI is InChI=1S/C17H17N5O2/c1-22-16(19-20-21-22)12-24-15-9-7-14(8-10-15)17(23)18-11-13-5-3-2-4-6-13/h2-10H,11-12H2,1H3,(H,18,23). The third-order valence-electron chi connectivity index (χ3n) is 3.49. The molecule has 0 fully saturated rings. The number of hydrogen-bond acceptors (Lipinski definition) is 5. The average Bonchev–Trinajstić information content (AvgIpc) is 3.04. The highest BCUT2D eigenvalue weighted by Gasteiger charge is 2.07. The summed E-state index contributed by atoms with van der Waals surface area (Å²) in [6, 6.07) is 16.7. The van der Waals surface area contributed by atoms with Crippen LogP contribution in [0, 0.1) is 0 Å². The molecule has 0 saturated carbocycles. The molecule has 0 bridgehead atoms. The second kappa shape index (κ2) is 7.36. The first-order chi connectivity index (χ1) is 11.7. The topological polar surface area (TPSA) is 81.9 Å². The molecule has 2 aromatic carbocycles. The van der Waals surface area contributed by atoms with Crippen LogP contribution in [0.4, 0.5) is 0 Å². The molecule has 0 spiro atoms. The van der Waals surface area contributed by atoms with Crippen LogP contribution in [0.15, 0.2) is 54.6 Å². The fourth-order valence-electron chi connectivity index (χ4n) is 2.10. The van der Waals surface area contributed by atoms with Gasteiger partial charge in [-0.25, -0.2) is 4.68 Å². The molecule has 0 radical (unpaired) electrons. The van der Waals surface area contributed by atoms with Crippen molar-refractivity contribution in [3.63, 3.8) is 0 Å². The van der Waals surface area contributed by atoms with Gasteiger partial charge in [0.2, 0.25) is 0 Å². The minimum atomic E-state index is -0.122. The van der Waals surface area contributed by atoms with Gasteiger partial charge in [-0.15, -0.1) is 5.10 Å². The van der Waals surface area contributed by atoms with Crippen LogP contribution in [-0.4, -0.2) is 26.1 Å². The van der Waals surface area contributed by atoms with E-state index < -0.39 is 0 Å². The molecule has 1 amide bonds. The van der Waals surface area contributed by atoms with Crippen LogP contribution in [0.3, 0.4) is 0 Å². The van der Waals surface area contributed by atoms with E-state index in [1.54, 1.807) is 36.0 Å². The molecule has 0 unspecified atom stereocenters. The number of amides is 1. The first-order valence-electron chi connectivity index (χ1n) is 7.48. The minimum absolute atomic E-state index is 0.122. The normalized spacial score (nSPS) is 10.4. The lowest BCUT2D eigenvalue weighted by molar-refractivity contribution is 0.0951. The molecule has 0 aliphatic carbocycles. The van der Waals surface area contributed by atoms with E-state index in [2.05, 4.69) is 20.8 Å². The lowest BCUT2D eigenvalue weighted by Gasteiger charge is -2.07. The van der Waals surface area contributed by atoms with E-state index in [0.717, 1.165) is 5.56 Å². The van der Waals surface area contributed by atoms with Crippen molar-refractivity contribution in [1.29, 1.82) is 0 Å². The van der Waals surface area contributed by atoms with Crippen LogP contribution in [0.25, 0.3) is 0 Å². The van der Waals surface area contributed by atoms with Gasteiger partial charge >= 0.3 is 0 Å². The molecule has 7 heteroatoms. The molecule has 122 valence electrons. The quantitative estimate of drug-likeness (QED) is 0.747. The Balaban J connectivity index is 1.53. The number of nitrogens with one attached hydrogen (secondary N) is 1. The maximum atomic E-state index is 12.1. The highest BCUT2D eigenvalue weighted by atomic mass is 16.5. The number of nitrogens with zero attached hydrogens (tertiary/aromatic N) is 4. The third kappa shape index (κ3) is 3.95. The molecular formula is C17H17N5O2. The van der Waals surface area contributed by atoms with Gasteiger partial charge in [-0.3, -0.25) is 4.79 Å². The van der Waals surface area contributed by atoms with Gasteiger partial charge in [-0.2, -0.15) is 0 Å². The van der Waals surface area contributed by atoms with Crippen molar-refractivity contribution in [3.8, 4) is 5.75 Å². The number of tetrazole rings is 1. The van der Waals surface area contributed by atoms with Crippen LogP contribution >= 0.6 is 0 Å². The Morgan fingerprint density at radius 2 is 1.88 bits per heavy atom. The van der Waals surface area contributed by atoms with Crippen LogP contribution < -0.4 is 10.1 Å². The maximum Gasteiger partial charge on any atom is 0.251 e. The van der Waals surface area contributed by atoms with Crippen LogP contribution in [-0.2, 0) is 20.2 Å². The first-order valence-corrected chi connectivity index (χ1v) is 7.48. The molecule has 3 aromatic rings. The summed E-state index contributed by atoms with van der Waals surface area (Å²) in [5.74, 6) is 1.15. The van der Waals surface area contributed by atoms with Crippen LogP contribution in [0.1, 0.15) is 21.7 Å². The van der Waals surface area contributed by atoms with E-state index in [1.807, 2.05) is 30.3 Å². The van der Waals surface area contributed by atoms with Crippen molar-refractivity contribution in [3.05, 3.63) is 71.5 Å². The summed E-state index contributed by atoms with van der Waals surface area (Å²) < 4.78 is 7.15. The predicted molar refractivity (Wildman–Crippen MR) is 87.2 cm³/mol. The molecule has 1 N–H and O–H groups in total. The van der Waals surface area contributed by atoms with Crippen molar-refractivity contribution in [2.45, 2.75) is 13.2 Å². The van der Waals surface area contributed by atoms with Crippen LogP contribution in [0.5, 0.6) is 5.75 Å². The monoisotopic (exact) mass is 323 g/mol. The second-order valence-electron chi connectivity index (χ2n) is 5.20. The first kappa shape index (κ1) is 15.7. The van der Waals surface area contributed by atoms with Crippen molar-refractivity contribution in [2.24, 2.45) is 7.05 Å². The zero-order valence-corrected chi connectivity index (χ0v) is 13.2. The molecule has 7 nitrogen and oxygen atoms in total. The van der Waals surface area contributed by atoms with Gasteiger partial charge in [-0.05, 0) is 40.3 Å². The lowest BCUT2D eigenvalue weighted by Crippen LogP contribution is -2.22. The molecule has 24 heavy (non-hydrogen) atoms. The summed E-state index contributed by atoms with van der Waals surface area (Å²) in [5.41, 5.74) is 1.64. The number of carbonyl (C=O) groups excluding carboxylic acids is 1. The Hall–Kier alpha value is -3.22. The Bertz CT molecular complexity index is 799. The molecule has 0 saturated heterocycles. The molecule has 0 atom stereocenters. The maximum absolute atomic E-state index is 12.1. The lowest BCUT2D eigenvalue weighted by atomic mass is 10.2. The third-order valence-corrected chi connectivity index (χ3v) is 3.49. The zero-order valence-electron chi connectivity index (χ0n) is 13.2. The smallest absolute Gasteiger partial charge is 0.251 e. The van der Waals surface area contributed by atoms with Gasteiger partial charge in [0, 0.05) is 19.2 Å². The summed E-state index contributed by atoms with van der Waals surface area (Å²) in [6.07, 6.45) is 0. The number of rotatable bonds is 6. The number of aryl methyl sites for hydroxylation is 1. The van der Waals surface area contributed by atoms with E-state index in [4.69, 9.17) is 4.74 Å². The fourth-order valence-corrected chi connectivity index (χ4v) is 2.10. The molecule has 1 aromatic heterocycles. The van der Waals surface area contributed by atoms with E-state index in [9.17, 15) is 4.79 Å². The van der Waals surface area contributed by atoms with E-state index in [0.29, 0.717) is 23.7 Å². The second-order valence-corrected chi connectivity index (χ2v) is 5.20. The van der Waals surface area contributed by atoms with Crippen molar-refractivity contribution < 1.29 is 9.53 Å². The number of aromatic nitrogens is 4. The van der Waals surface area contributed by atoms with E-state index >= 15 is 0 Å². The number of ether oxygens (including phenoxy) is 1. The minimum Gasteiger partial charge on any atom is -0.486 e. The van der Waals surface area contributed by atoms with E-state index in [-0.39, 0.29) is 12.5 Å². The number of hydrogen-bond donors (Lipinski definition) is 1. The summed E-state index contributed by atoms with van der Waals surface area (Å²) in [6.45, 7) is 0.764. The molecule has 0 aliphatic heterocycles. The van der Waals surface area contributed by atoms with Gasteiger partial charge in [-0.1, -0.05) is 30.3 Å². The van der Waals surface area contributed by atoms with Gasteiger partial charge in [0.15, 0.2) is 5.82 Å². The highest BCUT2D eigenvalue weighted by molar-refractivity contribution is 5.94. The fraction of sp³-hybridized carbons (Fsp3) is 0.176. The Kier molecular flexibility index (Phi) is 4.81. The van der Waals surface area contributed by atoms with Crippen molar-refractivity contribution in [2.75, 3.05) is 0 Å². The summed E-state index contributed by atoms with van der Waals surface area (Å²) in [7, 11) is 1.75. The van der Waals surface area contributed by atoms with Crippen molar-refractivity contribution >= 4 is 5.91 Å². The molecule has 3 rings (SSSR count). The number of carbonyl (C=O) groups is 1. The Morgan fingerprint density at radius 1 is 1.12 bits per heavy atom. The van der Waals surface area contributed by atoms with Gasteiger partial charge in [0.05, 0.1) is 0 Å². The van der Waals surface area contributed by atoms with Gasteiger partial charge in [0.1, 0.15) is 12.4 Å². The average molecular weight is 323 g/mol. The number of benzene rings is 2. The predicted octanol–water partition coefficient (Wildman–Crippen LogP) is 1.72. The molecule has 0 aliphatic rings. The highest BCUT2D eigenvalue weighted by Crippen LogP contribution is 2.13. The Labute approximate surface area is 139 Å².